The first kappa shape index (κ1) is 9.47. The quantitative estimate of drug-likeness (QED) is 0.630. The highest BCUT2D eigenvalue weighted by Gasteiger charge is 2.21. The smallest absolute Gasteiger partial charge is 0.325 e. The van der Waals surface area contributed by atoms with E-state index in [2.05, 4.69) is 0 Å². The van der Waals surface area contributed by atoms with Gasteiger partial charge in [0.2, 0.25) is 0 Å². The van der Waals surface area contributed by atoms with E-state index in [4.69, 9.17) is 15.9 Å². The van der Waals surface area contributed by atoms with Crippen LogP contribution in [0.4, 0.5) is 4.39 Å². The number of carboxylic acids is 1. The second-order valence-electron chi connectivity index (χ2n) is 2.49. The number of benzene rings is 1. The van der Waals surface area contributed by atoms with Crippen LogP contribution < -0.4 is 5.73 Å². The Bertz CT molecular complexity index is 320. The normalized spacial score (nSPS) is 12.5. The van der Waals surface area contributed by atoms with Crippen molar-refractivity contribution in [2.45, 2.75) is 6.04 Å². The highest BCUT2D eigenvalue weighted by atomic mass is 19.1. The van der Waals surface area contributed by atoms with Crippen LogP contribution in [-0.4, -0.2) is 16.2 Å². The van der Waals surface area contributed by atoms with E-state index >= 15 is 0 Å². The first-order valence-corrected chi connectivity index (χ1v) is 3.50. The van der Waals surface area contributed by atoms with Crippen molar-refractivity contribution in [3.63, 3.8) is 0 Å². The Balaban J connectivity index is 3.20. The van der Waals surface area contributed by atoms with Crippen LogP contribution >= 0.6 is 0 Å². The molecule has 1 atom stereocenters. The minimum absolute atomic E-state index is 0.394. The van der Waals surface area contributed by atoms with Gasteiger partial charge in [0.15, 0.2) is 0 Å². The van der Waals surface area contributed by atoms with Crippen molar-refractivity contribution in [1.29, 1.82) is 0 Å². The van der Waals surface area contributed by atoms with Gasteiger partial charge in [0.25, 0.3) is 0 Å². The number of phenolic OH excluding ortho intramolecular Hbond substituents is 1. The molecule has 1 rings (SSSR count). The third kappa shape index (κ3) is 1.75. The molecular formula is C8H8FNO3. The molecule has 0 radical (unpaired) electrons. The lowest BCUT2D eigenvalue weighted by Crippen LogP contribution is -2.21. The van der Waals surface area contributed by atoms with Crippen LogP contribution in [0.15, 0.2) is 18.2 Å². The number of rotatable bonds is 2. The van der Waals surface area contributed by atoms with Gasteiger partial charge in [-0.2, -0.15) is 0 Å². The largest absolute Gasteiger partial charge is 0.507 e. The minimum Gasteiger partial charge on any atom is -0.507 e. The summed E-state index contributed by atoms with van der Waals surface area (Å²) in [6, 6.07) is 1.95. The molecule has 4 nitrogen and oxygen atoms in total. The van der Waals surface area contributed by atoms with Crippen LogP contribution in [0.1, 0.15) is 11.6 Å². The van der Waals surface area contributed by atoms with Crippen molar-refractivity contribution in [2.24, 2.45) is 5.73 Å². The lowest BCUT2D eigenvalue weighted by atomic mass is 10.1. The maximum absolute atomic E-state index is 13.0. The van der Waals surface area contributed by atoms with E-state index in [-0.39, 0.29) is 0 Å². The standard InChI is InChI=1S/C8H8FNO3/c9-4-2-1-3-5(11)6(4)7(10)8(12)13/h1-3,7,11H,10H2,(H,12,13)/t7-/m0/s1. The summed E-state index contributed by atoms with van der Waals surface area (Å²) in [4.78, 5) is 10.4. The number of hydrogen-bond acceptors (Lipinski definition) is 3. The van der Waals surface area contributed by atoms with Gasteiger partial charge in [-0.3, -0.25) is 4.79 Å². The van der Waals surface area contributed by atoms with Crippen LogP contribution in [0.2, 0.25) is 0 Å². The molecule has 0 fully saturated rings. The molecule has 0 spiro atoms. The third-order valence-electron chi connectivity index (χ3n) is 1.61. The summed E-state index contributed by atoms with van der Waals surface area (Å²) in [6.45, 7) is 0. The average molecular weight is 185 g/mol. The van der Waals surface area contributed by atoms with E-state index < -0.39 is 29.1 Å². The Hall–Kier alpha value is -1.62. The molecule has 0 amide bonds. The number of aromatic hydroxyl groups is 1. The molecule has 13 heavy (non-hydrogen) atoms. The first-order chi connectivity index (χ1) is 6.04. The average Bonchev–Trinajstić information content (AvgIpc) is 2.03. The van der Waals surface area contributed by atoms with E-state index in [1.165, 1.54) is 12.1 Å². The van der Waals surface area contributed by atoms with Crippen molar-refractivity contribution in [1.82, 2.24) is 0 Å². The van der Waals surface area contributed by atoms with Crippen LogP contribution in [0, 0.1) is 5.82 Å². The second kappa shape index (κ2) is 3.40. The summed E-state index contributed by atoms with van der Waals surface area (Å²) in [6.07, 6.45) is 0. The van der Waals surface area contributed by atoms with Crippen molar-refractivity contribution in [3.05, 3.63) is 29.6 Å². The van der Waals surface area contributed by atoms with Crippen molar-refractivity contribution >= 4 is 5.97 Å². The fourth-order valence-corrected chi connectivity index (χ4v) is 0.957. The zero-order chi connectivity index (χ0) is 10.0. The number of halogens is 1. The number of phenols is 1. The fraction of sp³-hybridized carbons (Fsp3) is 0.125. The second-order valence-corrected chi connectivity index (χ2v) is 2.49. The molecule has 1 aromatic carbocycles. The van der Waals surface area contributed by atoms with Gasteiger partial charge in [0, 0.05) is 0 Å². The minimum atomic E-state index is -1.54. The van der Waals surface area contributed by atoms with Gasteiger partial charge in [-0.05, 0) is 12.1 Å². The molecule has 0 aliphatic heterocycles. The predicted octanol–water partition coefficient (Wildman–Crippen LogP) is 0.616. The van der Waals surface area contributed by atoms with E-state index in [1.807, 2.05) is 0 Å². The number of hydrogen-bond donors (Lipinski definition) is 3. The van der Waals surface area contributed by atoms with Crippen LogP contribution in [-0.2, 0) is 4.79 Å². The highest BCUT2D eigenvalue weighted by Crippen LogP contribution is 2.25. The molecule has 0 unspecified atom stereocenters. The summed E-state index contributed by atoms with van der Waals surface area (Å²) >= 11 is 0. The molecule has 0 aliphatic rings. The van der Waals surface area contributed by atoms with Gasteiger partial charge < -0.3 is 15.9 Å². The van der Waals surface area contributed by atoms with Crippen molar-refractivity contribution in [3.8, 4) is 5.75 Å². The molecule has 0 saturated heterocycles. The number of aliphatic carboxylic acids is 1. The molecule has 5 heteroatoms. The van der Waals surface area contributed by atoms with Crippen LogP contribution in [0.5, 0.6) is 5.75 Å². The molecule has 0 aliphatic carbocycles. The molecule has 0 aromatic heterocycles. The highest BCUT2D eigenvalue weighted by molar-refractivity contribution is 5.76. The van der Waals surface area contributed by atoms with E-state index in [0.717, 1.165) is 6.07 Å². The fourth-order valence-electron chi connectivity index (χ4n) is 0.957. The van der Waals surface area contributed by atoms with Gasteiger partial charge in [0.1, 0.15) is 17.6 Å². The van der Waals surface area contributed by atoms with E-state index in [1.54, 1.807) is 0 Å². The molecule has 0 heterocycles. The van der Waals surface area contributed by atoms with E-state index in [9.17, 15) is 9.18 Å². The SMILES string of the molecule is N[C@H](C(=O)O)c1c(O)cccc1F. The monoisotopic (exact) mass is 185 g/mol. The molecule has 0 bridgehead atoms. The molecule has 1 aromatic rings. The van der Waals surface area contributed by atoms with Crippen LogP contribution in [0.25, 0.3) is 0 Å². The maximum atomic E-state index is 13.0. The van der Waals surface area contributed by atoms with Crippen molar-refractivity contribution < 1.29 is 19.4 Å². The Morgan fingerprint density at radius 2 is 2.15 bits per heavy atom. The number of carbonyl (C=O) groups is 1. The third-order valence-corrected chi connectivity index (χ3v) is 1.61. The summed E-state index contributed by atoms with van der Waals surface area (Å²) in [5, 5.41) is 17.6. The summed E-state index contributed by atoms with van der Waals surface area (Å²) in [7, 11) is 0. The maximum Gasteiger partial charge on any atom is 0.325 e. The van der Waals surface area contributed by atoms with Crippen LogP contribution in [0.3, 0.4) is 0 Å². The zero-order valence-corrected chi connectivity index (χ0v) is 6.57. The topological polar surface area (TPSA) is 83.6 Å². The summed E-state index contributed by atoms with van der Waals surface area (Å²) in [5.41, 5.74) is 4.75. The van der Waals surface area contributed by atoms with Gasteiger partial charge in [0.05, 0.1) is 5.56 Å². The molecule has 0 saturated carbocycles. The number of carboxylic acid groups (broad SMARTS) is 1. The summed E-state index contributed by atoms with van der Waals surface area (Å²) < 4.78 is 13.0. The lowest BCUT2D eigenvalue weighted by Gasteiger charge is -2.09. The molecule has 70 valence electrons. The Labute approximate surface area is 73.4 Å². The van der Waals surface area contributed by atoms with Gasteiger partial charge in [-0.25, -0.2) is 4.39 Å². The Morgan fingerprint density at radius 3 is 2.62 bits per heavy atom. The molecule has 4 N–H and O–H groups in total. The number of nitrogens with two attached hydrogens (primary N) is 1. The van der Waals surface area contributed by atoms with Crippen molar-refractivity contribution in [2.75, 3.05) is 0 Å². The lowest BCUT2D eigenvalue weighted by molar-refractivity contribution is -0.138. The first-order valence-electron chi connectivity index (χ1n) is 3.50. The van der Waals surface area contributed by atoms with Gasteiger partial charge >= 0.3 is 5.97 Å². The molecular weight excluding hydrogens is 177 g/mol. The Morgan fingerprint density at radius 1 is 1.54 bits per heavy atom. The summed E-state index contributed by atoms with van der Waals surface area (Å²) in [5.74, 6) is -2.66. The van der Waals surface area contributed by atoms with Gasteiger partial charge in [-0.1, -0.05) is 6.07 Å². The Kier molecular flexibility index (Phi) is 2.48. The van der Waals surface area contributed by atoms with E-state index in [0.29, 0.717) is 0 Å². The predicted molar refractivity (Wildman–Crippen MR) is 42.6 cm³/mol. The van der Waals surface area contributed by atoms with Gasteiger partial charge in [-0.15, -0.1) is 0 Å². The zero-order valence-electron chi connectivity index (χ0n) is 6.57.